The fourth-order valence-corrected chi connectivity index (χ4v) is 5.94. The molecular formula is C21H22N2O4S2. The fraction of sp³-hybridized carbons (Fsp3) is 0.286. The monoisotopic (exact) mass is 430 g/mol. The Hall–Kier alpha value is -2.42. The van der Waals surface area contributed by atoms with Crippen molar-refractivity contribution < 1.29 is 17.6 Å². The molecule has 4 rings (SSSR count). The first kappa shape index (κ1) is 19.9. The van der Waals surface area contributed by atoms with Gasteiger partial charge in [-0.3, -0.25) is 4.79 Å². The molecule has 1 saturated heterocycles. The smallest absolute Gasteiger partial charge is 0.252 e. The van der Waals surface area contributed by atoms with Crippen molar-refractivity contribution in [2.24, 2.45) is 0 Å². The molecule has 6 nitrogen and oxygen atoms in total. The van der Waals surface area contributed by atoms with Crippen molar-refractivity contribution in [3.05, 3.63) is 65.7 Å². The lowest BCUT2D eigenvalue weighted by Crippen LogP contribution is -2.50. The van der Waals surface area contributed by atoms with Gasteiger partial charge in [-0.05, 0) is 23.6 Å². The Morgan fingerprint density at radius 2 is 1.72 bits per heavy atom. The molecule has 0 aliphatic carbocycles. The quantitative estimate of drug-likeness (QED) is 0.600. The number of carbonyl (C=O) groups excluding carboxylic acids is 1. The number of carbonyl (C=O) groups is 1. The topological polar surface area (TPSA) is 70.8 Å². The summed E-state index contributed by atoms with van der Waals surface area (Å²) in [4.78, 5) is 14.3. The van der Waals surface area contributed by atoms with Gasteiger partial charge in [-0.2, -0.15) is 4.31 Å². The number of nitrogens with zero attached hydrogens (tertiary/aromatic N) is 2. The third-order valence-corrected chi connectivity index (χ3v) is 8.26. The zero-order chi connectivity index (χ0) is 20.3. The molecule has 8 heteroatoms. The number of thiophene rings is 1. The Balaban J connectivity index is 1.29. The molecule has 0 N–H and O–H groups in total. The van der Waals surface area contributed by atoms with Crippen LogP contribution < -0.4 is 0 Å². The van der Waals surface area contributed by atoms with E-state index in [1.165, 1.54) is 15.6 Å². The highest BCUT2D eigenvalue weighted by atomic mass is 32.2. The normalized spacial score (nSPS) is 15.5. The van der Waals surface area contributed by atoms with Gasteiger partial charge in [-0.25, -0.2) is 8.42 Å². The number of furan rings is 1. The highest BCUT2D eigenvalue weighted by Gasteiger charge is 2.30. The first-order chi connectivity index (χ1) is 14.0. The van der Waals surface area contributed by atoms with Crippen molar-refractivity contribution in [2.75, 3.05) is 26.2 Å². The Labute approximate surface area is 174 Å². The second-order valence-electron chi connectivity index (χ2n) is 6.85. The summed E-state index contributed by atoms with van der Waals surface area (Å²) in [5.41, 5.74) is 1.01. The van der Waals surface area contributed by atoms with E-state index in [-0.39, 0.29) is 5.91 Å². The van der Waals surface area contributed by atoms with Crippen LogP contribution >= 0.6 is 11.3 Å². The first-order valence-electron chi connectivity index (χ1n) is 9.49. The molecule has 152 valence electrons. The van der Waals surface area contributed by atoms with Crippen molar-refractivity contribution in [1.82, 2.24) is 9.21 Å². The van der Waals surface area contributed by atoms with Gasteiger partial charge in [0.05, 0.1) is 0 Å². The van der Waals surface area contributed by atoms with E-state index in [9.17, 15) is 13.2 Å². The molecule has 0 radical (unpaired) electrons. The minimum atomic E-state index is -3.45. The molecule has 0 bridgehead atoms. The summed E-state index contributed by atoms with van der Waals surface area (Å²) in [6, 6.07) is 17.0. The van der Waals surface area contributed by atoms with Gasteiger partial charge in [-0.15, -0.1) is 11.3 Å². The van der Waals surface area contributed by atoms with Crippen LogP contribution in [0.1, 0.15) is 12.2 Å². The first-order valence-corrected chi connectivity index (χ1v) is 11.8. The molecule has 1 fully saturated rings. The highest BCUT2D eigenvalue weighted by molar-refractivity contribution is 7.91. The van der Waals surface area contributed by atoms with Crippen LogP contribution in [-0.2, 0) is 21.2 Å². The minimum Gasteiger partial charge on any atom is -0.461 e. The van der Waals surface area contributed by atoms with Gasteiger partial charge in [-0.1, -0.05) is 36.4 Å². The number of aryl methyl sites for hydroxylation is 1. The van der Waals surface area contributed by atoms with E-state index in [4.69, 9.17) is 4.42 Å². The number of piperazine rings is 1. The molecule has 1 aliphatic heterocycles. The van der Waals surface area contributed by atoms with E-state index >= 15 is 0 Å². The van der Waals surface area contributed by atoms with Crippen molar-refractivity contribution in [1.29, 1.82) is 0 Å². The molecule has 0 atom stereocenters. The van der Waals surface area contributed by atoms with Gasteiger partial charge in [0.2, 0.25) is 5.91 Å². The van der Waals surface area contributed by atoms with Crippen molar-refractivity contribution >= 4 is 27.3 Å². The molecule has 3 heterocycles. The van der Waals surface area contributed by atoms with Crippen molar-refractivity contribution in [3.63, 3.8) is 0 Å². The molecule has 0 unspecified atom stereocenters. The van der Waals surface area contributed by atoms with Gasteiger partial charge in [0.25, 0.3) is 10.0 Å². The molecule has 1 aliphatic rings. The van der Waals surface area contributed by atoms with Crippen LogP contribution in [0.25, 0.3) is 11.3 Å². The third kappa shape index (κ3) is 4.44. The molecular weight excluding hydrogens is 408 g/mol. The van der Waals surface area contributed by atoms with Gasteiger partial charge >= 0.3 is 0 Å². The maximum atomic E-state index is 12.6. The third-order valence-electron chi connectivity index (χ3n) is 4.99. The van der Waals surface area contributed by atoms with Crippen LogP contribution in [0.4, 0.5) is 0 Å². The predicted molar refractivity (Wildman–Crippen MR) is 112 cm³/mol. The van der Waals surface area contributed by atoms with E-state index in [0.717, 1.165) is 17.1 Å². The average Bonchev–Trinajstić information content (AvgIpc) is 3.45. The molecule has 29 heavy (non-hydrogen) atoms. The van der Waals surface area contributed by atoms with Gasteiger partial charge in [0.15, 0.2) is 0 Å². The highest BCUT2D eigenvalue weighted by Crippen LogP contribution is 2.24. The Morgan fingerprint density at radius 1 is 0.966 bits per heavy atom. The lowest BCUT2D eigenvalue weighted by atomic mass is 10.2. The molecule has 0 spiro atoms. The van der Waals surface area contributed by atoms with Crippen molar-refractivity contribution in [2.45, 2.75) is 17.1 Å². The second kappa shape index (κ2) is 8.52. The lowest BCUT2D eigenvalue weighted by Gasteiger charge is -2.33. The summed E-state index contributed by atoms with van der Waals surface area (Å²) >= 11 is 1.22. The minimum absolute atomic E-state index is 0.0239. The number of hydrogen-bond donors (Lipinski definition) is 0. The largest absolute Gasteiger partial charge is 0.461 e. The predicted octanol–water partition coefficient (Wildman–Crippen LogP) is 3.47. The van der Waals surface area contributed by atoms with Crippen LogP contribution in [0.3, 0.4) is 0 Å². The van der Waals surface area contributed by atoms with E-state index in [1.807, 2.05) is 42.5 Å². The maximum Gasteiger partial charge on any atom is 0.252 e. The van der Waals surface area contributed by atoms with E-state index < -0.39 is 10.0 Å². The van der Waals surface area contributed by atoms with E-state index in [1.54, 1.807) is 22.4 Å². The summed E-state index contributed by atoms with van der Waals surface area (Å²) in [6.07, 6.45) is 0.874. The zero-order valence-corrected chi connectivity index (χ0v) is 17.5. The van der Waals surface area contributed by atoms with Crippen LogP contribution in [0.5, 0.6) is 0 Å². The fourth-order valence-electron chi connectivity index (χ4n) is 3.37. The summed E-state index contributed by atoms with van der Waals surface area (Å²) in [5.74, 6) is 1.59. The van der Waals surface area contributed by atoms with Gasteiger partial charge in [0.1, 0.15) is 15.7 Å². The summed E-state index contributed by atoms with van der Waals surface area (Å²) in [6.45, 7) is 1.48. The number of sulfonamides is 1. The molecule has 3 aromatic rings. The summed E-state index contributed by atoms with van der Waals surface area (Å²) in [7, 11) is -3.45. The maximum absolute atomic E-state index is 12.6. The summed E-state index contributed by atoms with van der Waals surface area (Å²) in [5, 5.41) is 1.75. The van der Waals surface area contributed by atoms with E-state index in [2.05, 4.69) is 0 Å². The average molecular weight is 431 g/mol. The second-order valence-corrected chi connectivity index (χ2v) is 9.96. The Morgan fingerprint density at radius 3 is 2.41 bits per heavy atom. The molecule has 1 aromatic carbocycles. The SMILES string of the molecule is O=C(CCc1ccc(-c2ccccc2)o1)N1CCN(S(=O)(=O)c2cccs2)CC1. The number of hydrogen-bond acceptors (Lipinski definition) is 5. The molecule has 1 amide bonds. The van der Waals surface area contributed by atoms with Crippen LogP contribution in [0.15, 0.2) is 68.6 Å². The Kier molecular flexibility index (Phi) is 5.84. The number of amides is 1. The van der Waals surface area contributed by atoms with Crippen LogP contribution in [-0.4, -0.2) is 49.7 Å². The number of rotatable bonds is 6. The molecule has 2 aromatic heterocycles. The summed E-state index contributed by atoms with van der Waals surface area (Å²) < 4.78 is 32.8. The standard InChI is InChI=1S/C21H22N2O4S2/c24-20(11-9-18-8-10-19(27-18)17-5-2-1-3-6-17)22-12-14-23(15-13-22)29(25,26)21-7-4-16-28-21/h1-8,10,16H,9,11-15H2. The van der Waals surface area contributed by atoms with Crippen LogP contribution in [0, 0.1) is 0 Å². The van der Waals surface area contributed by atoms with Gasteiger partial charge < -0.3 is 9.32 Å². The van der Waals surface area contributed by atoms with E-state index in [0.29, 0.717) is 43.2 Å². The number of benzene rings is 1. The van der Waals surface area contributed by atoms with Crippen LogP contribution in [0.2, 0.25) is 0 Å². The van der Waals surface area contributed by atoms with Gasteiger partial charge in [0, 0.05) is 44.6 Å². The zero-order valence-electron chi connectivity index (χ0n) is 15.9. The molecule has 0 saturated carbocycles. The Bertz CT molecular complexity index is 1050. The van der Waals surface area contributed by atoms with Crippen molar-refractivity contribution in [3.8, 4) is 11.3 Å². The lowest BCUT2D eigenvalue weighted by molar-refractivity contribution is -0.132.